The van der Waals surface area contributed by atoms with Gasteiger partial charge in [-0.25, -0.2) is 4.98 Å². The molecule has 4 rings (SSSR count). The van der Waals surface area contributed by atoms with Crippen molar-refractivity contribution in [3.8, 4) is 0 Å². The summed E-state index contributed by atoms with van der Waals surface area (Å²) in [5, 5.41) is 10.4. The summed E-state index contributed by atoms with van der Waals surface area (Å²) in [5.41, 5.74) is -1.17. The Hall–Kier alpha value is -2.27. The maximum absolute atomic E-state index is 12.5. The van der Waals surface area contributed by atoms with Crippen LogP contribution in [0.5, 0.6) is 0 Å². The number of nitrogens with one attached hydrogen (secondary N) is 3. The van der Waals surface area contributed by atoms with Gasteiger partial charge >= 0.3 is 5.51 Å². The summed E-state index contributed by atoms with van der Waals surface area (Å²) in [7, 11) is 4.06. The number of benzene rings is 1. The lowest BCUT2D eigenvalue weighted by Gasteiger charge is -2.31. The van der Waals surface area contributed by atoms with Crippen molar-refractivity contribution >= 4 is 46.5 Å². The predicted molar refractivity (Wildman–Crippen MR) is 140 cm³/mol. The molecule has 2 aliphatic rings. The van der Waals surface area contributed by atoms with Crippen molar-refractivity contribution in [3.05, 3.63) is 35.5 Å². The van der Waals surface area contributed by atoms with Crippen molar-refractivity contribution < 1.29 is 13.2 Å². The van der Waals surface area contributed by atoms with Gasteiger partial charge in [0.05, 0.1) is 5.69 Å². The van der Waals surface area contributed by atoms with Crippen molar-refractivity contribution in [2.24, 2.45) is 0 Å². The second-order valence-corrected chi connectivity index (χ2v) is 10.8. The first-order chi connectivity index (χ1) is 16.7. The van der Waals surface area contributed by atoms with Gasteiger partial charge in [-0.1, -0.05) is 0 Å². The van der Waals surface area contributed by atoms with Crippen LogP contribution in [0.25, 0.3) is 0 Å². The van der Waals surface area contributed by atoms with Gasteiger partial charge in [-0.05, 0) is 99.6 Å². The first-order valence-corrected chi connectivity index (χ1v) is 13.2. The molecule has 0 saturated heterocycles. The van der Waals surface area contributed by atoms with Crippen LogP contribution in [0.1, 0.15) is 49.8 Å². The number of anilines is 3. The van der Waals surface area contributed by atoms with E-state index in [1.54, 1.807) is 12.1 Å². The van der Waals surface area contributed by atoms with E-state index in [9.17, 15) is 13.2 Å². The zero-order chi connectivity index (χ0) is 25.0. The fourth-order valence-corrected chi connectivity index (χ4v) is 5.49. The molecule has 1 heterocycles. The lowest BCUT2D eigenvalue weighted by molar-refractivity contribution is -0.0328. The Bertz CT molecular complexity index is 1020. The van der Waals surface area contributed by atoms with Gasteiger partial charge in [0.2, 0.25) is 5.95 Å². The largest absolute Gasteiger partial charge is 0.446 e. The first kappa shape index (κ1) is 25.8. The Balaban J connectivity index is 1.25. The first-order valence-electron chi connectivity index (χ1n) is 11.9. The molecule has 3 N–H and O–H groups in total. The fraction of sp³-hybridized carbons (Fsp3) is 0.542. The lowest BCUT2D eigenvalue weighted by Crippen LogP contribution is -2.42. The molecule has 1 aromatic carbocycles. The molecule has 0 bridgehead atoms. The Morgan fingerprint density at radius 2 is 1.66 bits per heavy atom. The van der Waals surface area contributed by atoms with E-state index in [2.05, 4.69) is 20.9 Å². The minimum Gasteiger partial charge on any atom is -0.362 e. The van der Waals surface area contributed by atoms with Gasteiger partial charge in [-0.15, -0.1) is 0 Å². The second kappa shape index (κ2) is 11.2. The highest BCUT2D eigenvalue weighted by Gasteiger charge is 2.29. The second-order valence-electron chi connectivity index (χ2n) is 9.26. The molecule has 0 atom stereocenters. The molecule has 0 amide bonds. The van der Waals surface area contributed by atoms with Crippen LogP contribution in [0, 0.1) is 0 Å². The number of hydrogen-bond acceptors (Lipinski definition) is 6. The molecule has 6 nitrogen and oxygen atoms in total. The molecule has 35 heavy (non-hydrogen) atoms. The van der Waals surface area contributed by atoms with E-state index >= 15 is 0 Å². The molecule has 0 aliphatic heterocycles. The number of halogens is 3. The third-order valence-corrected chi connectivity index (χ3v) is 7.29. The molecule has 1 aromatic heterocycles. The van der Waals surface area contributed by atoms with E-state index in [0.717, 1.165) is 50.3 Å². The topological polar surface area (TPSA) is 65.1 Å². The van der Waals surface area contributed by atoms with Crippen molar-refractivity contribution in [2.45, 2.75) is 73.9 Å². The van der Waals surface area contributed by atoms with Crippen LogP contribution < -0.4 is 20.9 Å². The van der Waals surface area contributed by atoms with E-state index in [4.69, 9.17) is 22.2 Å². The Labute approximate surface area is 213 Å². The monoisotopic (exact) mass is 524 g/mol. The number of thiocarbonyl (C=S) groups is 1. The van der Waals surface area contributed by atoms with Crippen LogP contribution in [0.3, 0.4) is 0 Å². The van der Waals surface area contributed by atoms with Crippen LogP contribution in [0.15, 0.2) is 29.2 Å². The van der Waals surface area contributed by atoms with Crippen LogP contribution in [-0.2, 0) is 12.8 Å². The molecular weight excluding hydrogens is 493 g/mol. The summed E-state index contributed by atoms with van der Waals surface area (Å²) in [6, 6.07) is 6.63. The number of alkyl halides is 3. The SMILES string of the molecule is CN(C)c1nc(NC2CCC(NC(=S)Nc3ccc(SC(F)(F)F)cc3)CC2)nc2c1CCCC2. The van der Waals surface area contributed by atoms with Crippen molar-refractivity contribution in [3.63, 3.8) is 0 Å². The molecule has 1 saturated carbocycles. The quantitative estimate of drug-likeness (QED) is 0.327. The maximum atomic E-state index is 12.5. The molecule has 0 spiro atoms. The number of rotatable bonds is 6. The van der Waals surface area contributed by atoms with Crippen LogP contribution in [0.2, 0.25) is 0 Å². The number of thioether (sulfide) groups is 1. The van der Waals surface area contributed by atoms with E-state index in [-0.39, 0.29) is 22.7 Å². The molecular formula is C24H31F3N6S2. The Morgan fingerprint density at radius 3 is 2.31 bits per heavy atom. The van der Waals surface area contributed by atoms with Crippen molar-refractivity contribution in [2.75, 3.05) is 29.6 Å². The smallest absolute Gasteiger partial charge is 0.362 e. The highest BCUT2D eigenvalue weighted by atomic mass is 32.2. The van der Waals surface area contributed by atoms with Gasteiger partial charge < -0.3 is 20.9 Å². The third kappa shape index (κ3) is 7.36. The number of aromatic nitrogens is 2. The van der Waals surface area contributed by atoms with E-state index in [1.807, 2.05) is 14.1 Å². The molecule has 1 fully saturated rings. The number of hydrogen-bond donors (Lipinski definition) is 3. The maximum Gasteiger partial charge on any atom is 0.446 e. The summed E-state index contributed by atoms with van der Waals surface area (Å²) < 4.78 is 37.4. The molecule has 2 aromatic rings. The molecule has 0 unspecified atom stereocenters. The summed E-state index contributed by atoms with van der Waals surface area (Å²) in [5.74, 6) is 1.74. The van der Waals surface area contributed by atoms with Gasteiger partial charge in [0.25, 0.3) is 0 Å². The van der Waals surface area contributed by atoms with Crippen LogP contribution in [-0.4, -0.2) is 46.8 Å². The molecule has 0 radical (unpaired) electrons. The average molecular weight is 525 g/mol. The van der Waals surface area contributed by atoms with Gasteiger partial charge in [-0.3, -0.25) is 0 Å². The minimum absolute atomic E-state index is 0.127. The Kier molecular flexibility index (Phi) is 8.26. The molecule has 2 aliphatic carbocycles. The minimum atomic E-state index is -4.29. The summed E-state index contributed by atoms with van der Waals surface area (Å²) >= 11 is 5.29. The van der Waals surface area contributed by atoms with E-state index < -0.39 is 5.51 Å². The summed E-state index contributed by atoms with van der Waals surface area (Å²) in [6.07, 6.45) is 8.28. The number of aryl methyl sites for hydroxylation is 1. The molecule has 190 valence electrons. The van der Waals surface area contributed by atoms with Gasteiger partial charge in [0.15, 0.2) is 5.11 Å². The third-order valence-electron chi connectivity index (χ3n) is 6.33. The van der Waals surface area contributed by atoms with Gasteiger partial charge in [0.1, 0.15) is 5.82 Å². The predicted octanol–water partition coefficient (Wildman–Crippen LogP) is 5.74. The zero-order valence-electron chi connectivity index (χ0n) is 19.9. The summed E-state index contributed by atoms with van der Waals surface area (Å²) in [6.45, 7) is 0. The van der Waals surface area contributed by atoms with Crippen molar-refractivity contribution in [1.29, 1.82) is 0 Å². The standard InChI is InChI=1S/C24H31F3N6S2/c1-33(2)21-19-5-3-4-6-20(19)31-22(32-21)28-15-7-9-16(10-8-15)29-23(34)30-17-11-13-18(14-12-17)35-24(25,26)27/h11-16H,3-10H2,1-2H3,(H,28,31,32)(H2,29,30,34). The zero-order valence-corrected chi connectivity index (χ0v) is 21.5. The Morgan fingerprint density at radius 1 is 1.00 bits per heavy atom. The fourth-order valence-electron chi connectivity index (χ4n) is 4.67. The highest BCUT2D eigenvalue weighted by Crippen LogP contribution is 2.37. The number of nitrogens with zero attached hydrogens (tertiary/aromatic N) is 3. The highest BCUT2D eigenvalue weighted by molar-refractivity contribution is 8.00. The van der Waals surface area contributed by atoms with Gasteiger partial charge in [0, 0.05) is 42.3 Å². The van der Waals surface area contributed by atoms with Crippen LogP contribution >= 0.6 is 24.0 Å². The van der Waals surface area contributed by atoms with Crippen LogP contribution in [0.4, 0.5) is 30.6 Å². The lowest BCUT2D eigenvalue weighted by atomic mass is 9.91. The number of fused-ring (bicyclic) bond motifs is 1. The van der Waals surface area contributed by atoms with Gasteiger partial charge in [-0.2, -0.15) is 18.2 Å². The normalized spacial score (nSPS) is 20.0. The van der Waals surface area contributed by atoms with Crippen molar-refractivity contribution in [1.82, 2.24) is 15.3 Å². The molecule has 11 heteroatoms. The summed E-state index contributed by atoms with van der Waals surface area (Å²) in [4.78, 5) is 11.9. The van der Waals surface area contributed by atoms with E-state index in [1.165, 1.54) is 36.2 Å². The average Bonchev–Trinajstić information content (AvgIpc) is 2.80. The van der Waals surface area contributed by atoms with E-state index in [0.29, 0.717) is 16.8 Å².